The summed E-state index contributed by atoms with van der Waals surface area (Å²) in [6, 6.07) is 17.8. The molecule has 0 saturated heterocycles. The van der Waals surface area contributed by atoms with Gasteiger partial charge in [0.05, 0.1) is 13.7 Å². The molecule has 1 amide bonds. The summed E-state index contributed by atoms with van der Waals surface area (Å²) in [5.41, 5.74) is 2.09. The maximum absolute atomic E-state index is 12.8. The number of oxazole rings is 1. The first-order chi connectivity index (χ1) is 14.5. The van der Waals surface area contributed by atoms with E-state index in [0.29, 0.717) is 16.3 Å². The van der Waals surface area contributed by atoms with Crippen LogP contribution in [0.5, 0.6) is 0 Å². The summed E-state index contributed by atoms with van der Waals surface area (Å²) in [5, 5.41) is 0. The minimum Gasteiger partial charge on any atom is -0.467 e. The van der Waals surface area contributed by atoms with E-state index in [4.69, 9.17) is 13.9 Å². The summed E-state index contributed by atoms with van der Waals surface area (Å²) >= 11 is 3.35. The molecular formula is C22H21BrN2O5. The van der Waals surface area contributed by atoms with Gasteiger partial charge in [-0.1, -0.05) is 48.5 Å². The predicted octanol–water partition coefficient (Wildman–Crippen LogP) is 4.80. The summed E-state index contributed by atoms with van der Waals surface area (Å²) in [6.45, 7) is 1.65. The lowest BCUT2D eigenvalue weighted by atomic mass is 10.2. The monoisotopic (exact) mass is 472 g/mol. The summed E-state index contributed by atoms with van der Waals surface area (Å²) in [4.78, 5) is 30.6. The first-order valence-corrected chi connectivity index (χ1v) is 10.0. The highest BCUT2D eigenvalue weighted by molar-refractivity contribution is 9.10. The highest BCUT2D eigenvalue weighted by Crippen LogP contribution is 2.27. The Morgan fingerprint density at radius 1 is 1.10 bits per heavy atom. The first kappa shape index (κ1) is 21.6. The quantitative estimate of drug-likeness (QED) is 0.459. The van der Waals surface area contributed by atoms with Crippen molar-refractivity contribution in [3.8, 4) is 11.5 Å². The van der Waals surface area contributed by atoms with Crippen molar-refractivity contribution >= 4 is 28.0 Å². The molecule has 0 aliphatic carbocycles. The van der Waals surface area contributed by atoms with Gasteiger partial charge in [-0.3, -0.25) is 4.90 Å². The molecule has 0 saturated carbocycles. The molecule has 0 N–H and O–H groups in total. The average molecular weight is 473 g/mol. The van der Waals surface area contributed by atoms with Crippen LogP contribution in [0.25, 0.3) is 11.5 Å². The van der Waals surface area contributed by atoms with Gasteiger partial charge < -0.3 is 13.9 Å². The summed E-state index contributed by atoms with van der Waals surface area (Å²) in [6.07, 6.45) is -0.659. The van der Waals surface area contributed by atoms with E-state index in [9.17, 15) is 9.59 Å². The van der Waals surface area contributed by atoms with Gasteiger partial charge in [0.25, 0.3) is 0 Å². The van der Waals surface area contributed by atoms with Crippen LogP contribution in [0.15, 0.2) is 69.8 Å². The lowest BCUT2D eigenvalue weighted by Crippen LogP contribution is -2.43. The molecule has 0 fully saturated rings. The van der Waals surface area contributed by atoms with Gasteiger partial charge in [0.15, 0.2) is 4.67 Å². The maximum Gasteiger partial charge on any atom is 0.411 e. The smallest absolute Gasteiger partial charge is 0.411 e. The number of carbonyl (C=O) groups excluding carboxylic acids is 2. The van der Waals surface area contributed by atoms with E-state index >= 15 is 0 Å². The van der Waals surface area contributed by atoms with Crippen molar-refractivity contribution in [2.45, 2.75) is 26.1 Å². The van der Waals surface area contributed by atoms with E-state index in [1.54, 1.807) is 6.92 Å². The molecule has 1 atom stereocenters. The molecule has 1 heterocycles. The maximum atomic E-state index is 12.8. The molecule has 3 rings (SSSR count). The number of halogens is 1. The van der Waals surface area contributed by atoms with Crippen LogP contribution in [-0.2, 0) is 27.4 Å². The highest BCUT2D eigenvalue weighted by Gasteiger charge is 2.30. The van der Waals surface area contributed by atoms with Crippen molar-refractivity contribution < 1.29 is 23.5 Å². The first-order valence-electron chi connectivity index (χ1n) is 9.25. The summed E-state index contributed by atoms with van der Waals surface area (Å²) < 4.78 is 16.3. The molecule has 0 radical (unpaired) electrons. The summed E-state index contributed by atoms with van der Waals surface area (Å²) in [5.74, 6) is -0.157. The Balaban J connectivity index is 1.79. The van der Waals surface area contributed by atoms with Gasteiger partial charge in [-0.15, -0.1) is 0 Å². The van der Waals surface area contributed by atoms with Crippen molar-refractivity contribution in [2.75, 3.05) is 7.11 Å². The second-order valence-electron chi connectivity index (χ2n) is 6.47. The molecule has 156 valence electrons. The minimum atomic E-state index is -0.873. The average Bonchev–Trinajstić information content (AvgIpc) is 3.16. The fraction of sp³-hybridized carbons (Fsp3) is 0.227. The Hall–Kier alpha value is -3.13. The zero-order chi connectivity index (χ0) is 21.5. The lowest BCUT2D eigenvalue weighted by Gasteiger charge is -2.26. The van der Waals surface area contributed by atoms with Gasteiger partial charge in [0, 0.05) is 5.56 Å². The zero-order valence-electron chi connectivity index (χ0n) is 16.6. The third kappa shape index (κ3) is 5.27. The number of benzene rings is 2. The van der Waals surface area contributed by atoms with Gasteiger partial charge >= 0.3 is 12.1 Å². The van der Waals surface area contributed by atoms with E-state index in [2.05, 4.69) is 20.9 Å². The van der Waals surface area contributed by atoms with E-state index in [1.165, 1.54) is 12.0 Å². The van der Waals surface area contributed by atoms with E-state index < -0.39 is 18.1 Å². The number of amides is 1. The van der Waals surface area contributed by atoms with Crippen LogP contribution in [-0.4, -0.2) is 35.1 Å². The van der Waals surface area contributed by atoms with Crippen LogP contribution in [0, 0.1) is 0 Å². The molecule has 30 heavy (non-hydrogen) atoms. The third-order valence-corrected chi connectivity index (χ3v) is 5.06. The van der Waals surface area contributed by atoms with Crippen LogP contribution in [0.2, 0.25) is 0 Å². The normalized spacial score (nSPS) is 11.6. The molecule has 0 aliphatic heterocycles. The van der Waals surface area contributed by atoms with Crippen LogP contribution in [0.4, 0.5) is 4.79 Å². The zero-order valence-corrected chi connectivity index (χ0v) is 18.2. The van der Waals surface area contributed by atoms with Gasteiger partial charge in [0.2, 0.25) is 5.89 Å². The minimum absolute atomic E-state index is 0.000800. The SMILES string of the molecule is COC(=O)[C@H](C)N(Cc1nc(-c2ccccc2)oc1Br)C(=O)OCc1ccccc1. The summed E-state index contributed by atoms with van der Waals surface area (Å²) in [7, 11) is 1.27. The number of hydrogen-bond acceptors (Lipinski definition) is 6. The Kier molecular flexibility index (Phi) is 7.24. The van der Waals surface area contributed by atoms with Crippen molar-refractivity contribution in [3.05, 3.63) is 76.6 Å². The molecule has 0 bridgehead atoms. The van der Waals surface area contributed by atoms with Gasteiger partial charge in [-0.2, -0.15) is 0 Å². The Labute approximate surface area is 182 Å². The molecule has 8 heteroatoms. The van der Waals surface area contributed by atoms with Gasteiger partial charge in [0.1, 0.15) is 18.3 Å². The fourth-order valence-corrected chi connectivity index (χ4v) is 3.12. The number of aromatic nitrogens is 1. The number of carbonyl (C=O) groups is 2. The van der Waals surface area contributed by atoms with Crippen LogP contribution in [0.1, 0.15) is 18.2 Å². The predicted molar refractivity (Wildman–Crippen MR) is 113 cm³/mol. The van der Waals surface area contributed by atoms with Crippen molar-refractivity contribution in [1.82, 2.24) is 9.88 Å². The number of hydrogen-bond donors (Lipinski definition) is 0. The van der Waals surface area contributed by atoms with Crippen molar-refractivity contribution in [3.63, 3.8) is 0 Å². The number of ether oxygens (including phenoxy) is 2. The van der Waals surface area contributed by atoms with Gasteiger partial charge in [-0.05, 0) is 40.5 Å². The Morgan fingerprint density at radius 2 is 1.73 bits per heavy atom. The molecule has 1 aromatic heterocycles. The highest BCUT2D eigenvalue weighted by atomic mass is 79.9. The molecule has 0 aliphatic rings. The number of methoxy groups -OCH3 is 1. The van der Waals surface area contributed by atoms with Crippen molar-refractivity contribution in [1.29, 1.82) is 0 Å². The molecular weight excluding hydrogens is 452 g/mol. The number of nitrogens with zero attached hydrogens (tertiary/aromatic N) is 2. The van der Waals surface area contributed by atoms with Crippen molar-refractivity contribution in [2.24, 2.45) is 0 Å². The Bertz CT molecular complexity index is 991. The van der Waals surface area contributed by atoms with Crippen LogP contribution < -0.4 is 0 Å². The fourth-order valence-electron chi connectivity index (χ4n) is 2.76. The lowest BCUT2D eigenvalue weighted by molar-refractivity contribution is -0.146. The molecule has 3 aromatic rings. The number of esters is 1. The standard InChI is InChI=1S/C22H21BrN2O5/c1-15(21(26)28-2)25(22(27)29-14-16-9-5-3-6-10-16)13-18-19(23)30-20(24-18)17-11-7-4-8-12-17/h3-12,15H,13-14H2,1-2H3/t15-/m0/s1. The van der Waals surface area contributed by atoms with Gasteiger partial charge in [-0.25, -0.2) is 14.6 Å². The van der Waals surface area contributed by atoms with Crippen LogP contribution in [0.3, 0.4) is 0 Å². The van der Waals surface area contributed by atoms with Crippen LogP contribution >= 0.6 is 15.9 Å². The second kappa shape index (κ2) is 10.1. The van der Waals surface area contributed by atoms with E-state index in [-0.39, 0.29) is 13.2 Å². The molecule has 0 spiro atoms. The topological polar surface area (TPSA) is 81.9 Å². The number of rotatable bonds is 7. The van der Waals surface area contributed by atoms with E-state index in [0.717, 1.165) is 11.1 Å². The third-order valence-electron chi connectivity index (χ3n) is 4.44. The second-order valence-corrected chi connectivity index (χ2v) is 7.19. The molecule has 7 nitrogen and oxygen atoms in total. The molecule has 0 unspecified atom stereocenters. The largest absolute Gasteiger partial charge is 0.467 e. The molecule has 2 aromatic carbocycles. The van der Waals surface area contributed by atoms with E-state index in [1.807, 2.05) is 60.7 Å². The Morgan fingerprint density at radius 3 is 2.37 bits per heavy atom.